The summed E-state index contributed by atoms with van der Waals surface area (Å²) in [5, 5.41) is 1.06. The fourth-order valence-electron chi connectivity index (χ4n) is 4.05. The number of piperidine rings is 1. The van der Waals surface area contributed by atoms with E-state index in [0.717, 1.165) is 72.0 Å². The normalized spacial score (nSPS) is 22.2. The van der Waals surface area contributed by atoms with E-state index >= 15 is 0 Å². The molecule has 2 fully saturated rings. The van der Waals surface area contributed by atoms with Crippen molar-refractivity contribution in [3.63, 3.8) is 0 Å². The van der Waals surface area contributed by atoms with Gasteiger partial charge in [0.2, 0.25) is 0 Å². The van der Waals surface area contributed by atoms with Gasteiger partial charge in [0.05, 0.1) is 10.3 Å². The average Bonchev–Trinajstić information content (AvgIpc) is 2.99. The van der Waals surface area contributed by atoms with E-state index in [1.165, 1.54) is 17.8 Å². The Balaban J connectivity index is 1.70. The lowest BCUT2D eigenvalue weighted by Crippen LogP contribution is -2.44. The monoisotopic (exact) mass is 373 g/mol. The third-order valence-electron chi connectivity index (χ3n) is 5.77. The van der Waals surface area contributed by atoms with E-state index in [1.807, 2.05) is 4.90 Å². The summed E-state index contributed by atoms with van der Waals surface area (Å²) in [4.78, 5) is 30.8. The molecule has 6 nitrogen and oxygen atoms in total. The second-order valence-electron chi connectivity index (χ2n) is 7.57. The number of fused-ring (bicyclic) bond motifs is 1. The Morgan fingerprint density at radius 2 is 1.92 bits per heavy atom. The molecule has 0 radical (unpaired) electrons. The lowest BCUT2D eigenvalue weighted by Gasteiger charge is -2.33. The second-order valence-corrected chi connectivity index (χ2v) is 8.57. The maximum Gasteiger partial charge on any atom is 0.264 e. The maximum atomic E-state index is 13.2. The van der Waals surface area contributed by atoms with Crippen LogP contribution in [0.1, 0.15) is 41.4 Å². The third kappa shape index (κ3) is 3.07. The summed E-state index contributed by atoms with van der Waals surface area (Å²) < 4.78 is 0. The van der Waals surface area contributed by atoms with Crippen LogP contribution in [0.5, 0.6) is 0 Å². The van der Waals surface area contributed by atoms with Gasteiger partial charge in [-0.3, -0.25) is 4.79 Å². The van der Waals surface area contributed by atoms with Crippen LogP contribution in [0.15, 0.2) is 6.33 Å². The van der Waals surface area contributed by atoms with Crippen LogP contribution < -0.4 is 4.90 Å². The maximum absolute atomic E-state index is 13.2. The zero-order valence-corrected chi connectivity index (χ0v) is 16.7. The largest absolute Gasteiger partial charge is 0.353 e. The number of anilines is 1. The van der Waals surface area contributed by atoms with E-state index in [1.54, 1.807) is 6.33 Å². The van der Waals surface area contributed by atoms with Gasteiger partial charge in [0, 0.05) is 38.8 Å². The van der Waals surface area contributed by atoms with Crippen LogP contribution in [0.25, 0.3) is 10.2 Å². The predicted octanol–water partition coefficient (Wildman–Crippen LogP) is 2.77. The molecule has 4 heterocycles. The number of aromatic nitrogens is 2. The zero-order chi connectivity index (χ0) is 18.3. The number of carbonyl (C=O) groups excluding carboxylic acids is 1. The SMILES string of the molecule is Cc1c(C(=O)N2CCCCC2C)sc2ncnc(N3CCN(C)CC3)c12. The molecule has 7 heteroatoms. The van der Waals surface area contributed by atoms with Gasteiger partial charge in [0.25, 0.3) is 5.91 Å². The molecule has 2 aromatic rings. The molecule has 1 amide bonds. The van der Waals surface area contributed by atoms with Gasteiger partial charge < -0.3 is 14.7 Å². The van der Waals surface area contributed by atoms with Crippen LogP contribution in [-0.2, 0) is 0 Å². The van der Waals surface area contributed by atoms with Gasteiger partial charge in [0.15, 0.2) is 0 Å². The van der Waals surface area contributed by atoms with Crippen molar-refractivity contribution in [2.24, 2.45) is 0 Å². The van der Waals surface area contributed by atoms with E-state index in [0.29, 0.717) is 6.04 Å². The van der Waals surface area contributed by atoms with Gasteiger partial charge in [0.1, 0.15) is 17.0 Å². The Hall–Kier alpha value is -1.73. The van der Waals surface area contributed by atoms with E-state index in [-0.39, 0.29) is 5.91 Å². The summed E-state index contributed by atoms with van der Waals surface area (Å²) in [6, 6.07) is 0.323. The third-order valence-corrected chi connectivity index (χ3v) is 6.96. The van der Waals surface area contributed by atoms with Crippen molar-refractivity contribution in [3.8, 4) is 0 Å². The van der Waals surface area contributed by atoms with Gasteiger partial charge in [-0.05, 0) is 45.7 Å². The number of likely N-dealkylation sites (tertiary alicyclic amines) is 1. The van der Waals surface area contributed by atoms with Crippen LogP contribution in [0.3, 0.4) is 0 Å². The molecule has 0 aromatic carbocycles. The second kappa shape index (κ2) is 7.12. The molecular weight excluding hydrogens is 346 g/mol. The van der Waals surface area contributed by atoms with Crippen molar-refractivity contribution in [3.05, 3.63) is 16.8 Å². The minimum atomic E-state index is 0.169. The van der Waals surface area contributed by atoms with Crippen LogP contribution >= 0.6 is 11.3 Å². The minimum Gasteiger partial charge on any atom is -0.353 e. The predicted molar refractivity (Wildman–Crippen MR) is 106 cm³/mol. The molecule has 0 N–H and O–H groups in total. The molecule has 2 aromatic heterocycles. The van der Waals surface area contributed by atoms with Crippen molar-refractivity contribution < 1.29 is 4.79 Å². The number of carbonyl (C=O) groups is 1. The van der Waals surface area contributed by atoms with Crippen molar-refractivity contribution in [1.82, 2.24) is 19.8 Å². The summed E-state index contributed by atoms with van der Waals surface area (Å²) in [7, 11) is 2.15. The molecule has 0 spiro atoms. The van der Waals surface area contributed by atoms with E-state index < -0.39 is 0 Å². The molecule has 2 aliphatic heterocycles. The van der Waals surface area contributed by atoms with E-state index in [9.17, 15) is 4.79 Å². The number of amides is 1. The van der Waals surface area contributed by atoms with Gasteiger partial charge in [-0.25, -0.2) is 9.97 Å². The fourth-order valence-corrected chi connectivity index (χ4v) is 5.14. The molecule has 26 heavy (non-hydrogen) atoms. The smallest absolute Gasteiger partial charge is 0.264 e. The lowest BCUT2D eigenvalue weighted by atomic mass is 10.0. The van der Waals surface area contributed by atoms with Crippen LogP contribution in [0.4, 0.5) is 5.82 Å². The number of hydrogen-bond donors (Lipinski definition) is 0. The number of rotatable bonds is 2. The molecule has 1 atom stereocenters. The average molecular weight is 374 g/mol. The van der Waals surface area contributed by atoms with Crippen molar-refractivity contribution in [1.29, 1.82) is 0 Å². The van der Waals surface area contributed by atoms with Gasteiger partial charge in [-0.1, -0.05) is 0 Å². The molecule has 1 unspecified atom stereocenters. The Morgan fingerprint density at radius 1 is 1.15 bits per heavy atom. The Labute approximate surface area is 158 Å². The lowest BCUT2D eigenvalue weighted by molar-refractivity contribution is 0.0640. The minimum absolute atomic E-state index is 0.169. The van der Waals surface area contributed by atoms with Crippen molar-refractivity contribution in [2.75, 3.05) is 44.7 Å². The van der Waals surface area contributed by atoms with E-state index in [4.69, 9.17) is 0 Å². The highest BCUT2D eigenvalue weighted by Crippen LogP contribution is 2.36. The first-order valence-electron chi connectivity index (χ1n) is 9.55. The summed E-state index contributed by atoms with van der Waals surface area (Å²) in [6.45, 7) is 9.08. The fraction of sp³-hybridized carbons (Fsp3) is 0.632. The topological polar surface area (TPSA) is 52.6 Å². The number of likely N-dealkylation sites (N-methyl/N-ethyl adjacent to an activating group) is 1. The Bertz CT molecular complexity index is 812. The molecule has 2 aliphatic rings. The molecule has 0 bridgehead atoms. The number of hydrogen-bond acceptors (Lipinski definition) is 6. The standard InChI is InChI=1S/C19H27N5OS/c1-13-6-4-5-7-24(13)19(25)16-14(2)15-17(20-12-21-18(15)26-16)23-10-8-22(3)9-11-23/h12-13H,4-11H2,1-3H3. The molecule has 2 saturated heterocycles. The van der Waals surface area contributed by atoms with Crippen molar-refractivity contribution >= 4 is 33.3 Å². The summed E-state index contributed by atoms with van der Waals surface area (Å²) in [5.41, 5.74) is 1.04. The first kappa shape index (κ1) is 17.7. The Kier molecular flexibility index (Phi) is 4.84. The van der Waals surface area contributed by atoms with Crippen LogP contribution in [0.2, 0.25) is 0 Å². The molecule has 140 valence electrons. The quantitative estimate of drug-likeness (QED) is 0.810. The molecule has 0 aliphatic carbocycles. The molecular formula is C19H27N5OS. The van der Waals surface area contributed by atoms with Crippen molar-refractivity contribution in [2.45, 2.75) is 39.2 Å². The number of aryl methyl sites for hydroxylation is 1. The number of piperazine rings is 1. The number of nitrogens with zero attached hydrogens (tertiary/aromatic N) is 5. The first-order valence-corrected chi connectivity index (χ1v) is 10.4. The van der Waals surface area contributed by atoms with Crippen LogP contribution in [0, 0.1) is 6.92 Å². The van der Waals surface area contributed by atoms with E-state index in [2.05, 4.69) is 40.7 Å². The van der Waals surface area contributed by atoms with Gasteiger partial charge in [-0.2, -0.15) is 0 Å². The summed E-state index contributed by atoms with van der Waals surface area (Å²) in [5.74, 6) is 1.16. The van der Waals surface area contributed by atoms with Gasteiger partial charge >= 0.3 is 0 Å². The highest BCUT2D eigenvalue weighted by atomic mass is 32.1. The highest BCUT2D eigenvalue weighted by Gasteiger charge is 2.29. The Morgan fingerprint density at radius 3 is 2.65 bits per heavy atom. The molecule has 0 saturated carbocycles. The van der Waals surface area contributed by atoms with Crippen LogP contribution in [-0.4, -0.2) is 71.5 Å². The summed E-state index contributed by atoms with van der Waals surface area (Å²) in [6.07, 6.45) is 5.06. The first-order chi connectivity index (χ1) is 12.6. The van der Waals surface area contributed by atoms with Gasteiger partial charge in [-0.15, -0.1) is 11.3 Å². The molecule has 4 rings (SSSR count). The number of thiophene rings is 1. The highest BCUT2D eigenvalue weighted by molar-refractivity contribution is 7.20. The summed E-state index contributed by atoms with van der Waals surface area (Å²) >= 11 is 1.53. The zero-order valence-electron chi connectivity index (χ0n) is 15.9.